The molecule has 3 aliphatic heterocycles. The Hall–Kier alpha value is -6.21. The van der Waals surface area contributed by atoms with Crippen LogP contribution in [0.3, 0.4) is 0 Å². The molecule has 0 saturated carbocycles. The highest BCUT2D eigenvalue weighted by molar-refractivity contribution is 9.10. The zero-order valence-electron chi connectivity index (χ0n) is 41.8. The minimum absolute atomic E-state index is 0.0682. The van der Waals surface area contributed by atoms with Gasteiger partial charge in [-0.2, -0.15) is 0 Å². The molecular weight excluding hydrogens is 1140 g/mol. The van der Waals surface area contributed by atoms with E-state index >= 15 is 0 Å². The molecule has 3 aliphatic rings. The number of halogens is 4. The fourth-order valence-corrected chi connectivity index (χ4v) is 9.09. The number of aromatic nitrogens is 6. The molecule has 0 aliphatic carbocycles. The highest BCUT2D eigenvalue weighted by Crippen LogP contribution is 2.26. The Labute approximate surface area is 465 Å². The SMILES string of the molecule is C#Cc1ccccn1.CC1CCCCC(=O)N1.CC1CCCCc2nc3cc(Br)ccc3c(=O)n21.CC1CCCCc2nc3cc(C#Cc4ccccn4)ccc3c(=O)n21.Nc1cc(Br)ccc1OC=O.O=S(Cl)Cl. The van der Waals surface area contributed by atoms with Gasteiger partial charge in [-0.3, -0.25) is 28.3 Å². The third kappa shape index (κ3) is 19.1. The van der Waals surface area contributed by atoms with Crippen LogP contribution in [0.4, 0.5) is 5.69 Å². The molecule has 3 N–H and O–H groups in total. The molecule has 3 atom stereocenters. The Kier molecular flexibility index (Phi) is 24.6. The molecular formula is C56H58Br2Cl2N8O6S. The minimum atomic E-state index is -1.67. The Bertz CT molecular complexity index is 3290. The van der Waals surface area contributed by atoms with Gasteiger partial charge in [0.1, 0.15) is 23.0 Å². The standard InChI is InChI=1S/C21H19N3O.C14H15BrN2O.C7H6BrNO2.C7H13NO.C7H5N.Cl2OS/c1-15-6-2-3-8-20-23-19-14-16(9-11-17-7-4-5-13-22-17)10-12-18(19)21(25)24(15)20;1-9-4-2-3-5-13-16-12-8-10(15)6-7-11(12)14(18)17(9)13;8-5-1-2-7(11-4-10)6(9)3-5;1-6-4-2-3-5-7(9)8-6;1-2-7-5-3-4-6-8-7;1-4(2)3/h4-5,7,10,12-15H,2-3,6,8H2,1H3;6-9H,2-5H2,1H3;1-4H,9H2;6H,2-5H2,1H3,(H,8,9);1,3-6H;. The maximum atomic E-state index is 12.9. The second kappa shape index (κ2) is 31.0. The number of aryl methyl sites for hydroxylation is 2. The number of anilines is 1. The second-order valence-corrected chi connectivity index (χ2v) is 22.0. The molecule has 4 aromatic heterocycles. The minimum Gasteiger partial charge on any atom is -0.427 e. The number of fused-ring (bicyclic) bond motifs is 4. The molecule has 75 heavy (non-hydrogen) atoms. The summed E-state index contributed by atoms with van der Waals surface area (Å²) in [4.78, 5) is 63.7. The number of pyridine rings is 2. The second-order valence-electron chi connectivity index (χ2n) is 17.6. The van der Waals surface area contributed by atoms with Gasteiger partial charge in [0.15, 0.2) is 5.75 Å². The molecule has 0 radical (unpaired) electrons. The quantitative estimate of drug-likeness (QED) is 0.0724. The highest BCUT2D eigenvalue weighted by Gasteiger charge is 2.20. The first-order chi connectivity index (χ1) is 36.1. The zero-order chi connectivity index (χ0) is 54.3. The lowest BCUT2D eigenvalue weighted by atomic mass is 10.1. The van der Waals surface area contributed by atoms with E-state index in [0.717, 1.165) is 112 Å². The van der Waals surface area contributed by atoms with E-state index < -0.39 is 9.23 Å². The van der Waals surface area contributed by atoms with Crippen LogP contribution in [-0.2, 0) is 31.7 Å². The molecule has 0 bridgehead atoms. The van der Waals surface area contributed by atoms with E-state index in [0.29, 0.717) is 35.0 Å². The van der Waals surface area contributed by atoms with E-state index in [1.165, 1.54) is 12.8 Å². The summed E-state index contributed by atoms with van der Waals surface area (Å²) in [6.45, 7) is 6.63. The van der Waals surface area contributed by atoms with Crippen molar-refractivity contribution in [1.82, 2.24) is 34.4 Å². The number of carbonyl (C=O) groups is 2. The predicted molar refractivity (Wildman–Crippen MR) is 308 cm³/mol. The number of amides is 1. The summed E-state index contributed by atoms with van der Waals surface area (Å²) in [6, 6.07) is 28.4. The van der Waals surface area contributed by atoms with E-state index in [1.807, 2.05) is 75.9 Å². The van der Waals surface area contributed by atoms with Crippen molar-refractivity contribution in [2.45, 2.75) is 116 Å². The zero-order valence-corrected chi connectivity index (χ0v) is 47.3. The fourth-order valence-electron chi connectivity index (χ4n) is 8.36. The van der Waals surface area contributed by atoms with Gasteiger partial charge >= 0.3 is 0 Å². The monoisotopic (exact) mass is 1200 g/mol. The maximum Gasteiger partial charge on any atom is 0.298 e. The summed E-state index contributed by atoms with van der Waals surface area (Å²) in [5.74, 6) is 11.0. The van der Waals surface area contributed by atoms with Gasteiger partial charge in [0.2, 0.25) is 15.1 Å². The van der Waals surface area contributed by atoms with Gasteiger partial charge in [0, 0.05) is 85.7 Å². The summed E-state index contributed by atoms with van der Waals surface area (Å²) in [5, 5.41) is 4.29. The number of nitrogens with zero attached hydrogens (tertiary/aromatic N) is 6. The van der Waals surface area contributed by atoms with Gasteiger partial charge in [0.25, 0.3) is 17.6 Å². The number of rotatable bonds is 2. The van der Waals surface area contributed by atoms with Crippen LogP contribution in [0, 0.1) is 24.2 Å². The van der Waals surface area contributed by atoms with Crippen LogP contribution in [0.25, 0.3) is 21.8 Å². The molecule has 392 valence electrons. The Morgan fingerprint density at radius 2 is 1.23 bits per heavy atom. The number of nitrogen functional groups attached to an aromatic ring is 1. The first kappa shape index (κ1) is 59.7. The number of nitrogens with one attached hydrogen (secondary N) is 1. The Morgan fingerprint density at radius 3 is 1.76 bits per heavy atom. The van der Waals surface area contributed by atoms with E-state index in [-0.39, 0.29) is 29.1 Å². The average molecular weight is 1200 g/mol. The van der Waals surface area contributed by atoms with Crippen LogP contribution in [0.5, 0.6) is 5.75 Å². The predicted octanol–water partition coefficient (Wildman–Crippen LogP) is 11.7. The summed E-state index contributed by atoms with van der Waals surface area (Å²) in [5.41, 5.74) is 9.90. The average Bonchev–Trinajstić information content (AvgIpc) is 3.80. The smallest absolute Gasteiger partial charge is 0.298 e. The van der Waals surface area contributed by atoms with E-state index in [4.69, 9.17) is 21.3 Å². The van der Waals surface area contributed by atoms with Crippen LogP contribution < -0.4 is 26.9 Å². The summed E-state index contributed by atoms with van der Waals surface area (Å²) >= 11 is 6.65. The summed E-state index contributed by atoms with van der Waals surface area (Å²) in [7, 11) is 7.36. The number of nitrogens with two attached hydrogens (primary N) is 1. The molecule has 0 spiro atoms. The highest BCUT2D eigenvalue weighted by atomic mass is 79.9. The van der Waals surface area contributed by atoms with Crippen molar-refractivity contribution in [3.05, 3.63) is 162 Å². The first-order valence-electron chi connectivity index (χ1n) is 24.3. The molecule has 1 amide bonds. The van der Waals surface area contributed by atoms with Crippen LogP contribution in [0.1, 0.15) is 126 Å². The Morgan fingerprint density at radius 1 is 0.707 bits per heavy atom. The molecule has 3 unspecified atom stereocenters. The summed E-state index contributed by atoms with van der Waals surface area (Å²) < 4.78 is 19.2. The summed E-state index contributed by atoms with van der Waals surface area (Å²) in [6.07, 6.45) is 21.0. The van der Waals surface area contributed by atoms with Gasteiger partial charge < -0.3 is 15.8 Å². The van der Waals surface area contributed by atoms with Crippen molar-refractivity contribution < 1.29 is 18.5 Å². The number of benzene rings is 3. The lowest BCUT2D eigenvalue weighted by molar-refractivity contribution is -0.121. The molecule has 14 nitrogen and oxygen atoms in total. The van der Waals surface area contributed by atoms with Crippen LogP contribution >= 0.6 is 53.2 Å². The molecule has 7 aromatic rings. The van der Waals surface area contributed by atoms with Gasteiger partial charge in [-0.15, -0.1) is 6.42 Å². The first-order valence-corrected chi connectivity index (χ1v) is 28.7. The number of hydrogen-bond acceptors (Lipinski definition) is 11. The largest absolute Gasteiger partial charge is 0.427 e. The topological polar surface area (TPSA) is 194 Å². The van der Waals surface area contributed by atoms with Gasteiger partial charge in [-0.05, 0) is 144 Å². The van der Waals surface area contributed by atoms with Crippen molar-refractivity contribution >= 4 is 102 Å². The van der Waals surface area contributed by atoms with Crippen molar-refractivity contribution in [3.8, 4) is 29.9 Å². The van der Waals surface area contributed by atoms with Gasteiger partial charge in [-0.1, -0.05) is 75.1 Å². The normalized spacial score (nSPS) is 16.4. The van der Waals surface area contributed by atoms with Crippen LogP contribution in [0.15, 0.2) is 122 Å². The van der Waals surface area contributed by atoms with Crippen LogP contribution in [-0.4, -0.2) is 51.7 Å². The third-order valence-electron chi connectivity index (χ3n) is 12.0. The Balaban J connectivity index is 0.000000182. The molecule has 7 heterocycles. The molecule has 1 fully saturated rings. The van der Waals surface area contributed by atoms with Crippen molar-refractivity contribution in [3.63, 3.8) is 0 Å². The van der Waals surface area contributed by atoms with E-state index in [1.54, 1.807) is 36.7 Å². The molecule has 19 heteroatoms. The van der Waals surface area contributed by atoms with Crippen molar-refractivity contribution in [2.75, 3.05) is 5.73 Å². The molecule has 1 saturated heterocycles. The molecule has 10 rings (SSSR count). The van der Waals surface area contributed by atoms with Crippen molar-refractivity contribution in [1.29, 1.82) is 0 Å². The number of terminal acetylenes is 1. The lowest BCUT2D eigenvalue weighted by Gasteiger charge is -2.16. The number of ether oxygens (including phenoxy) is 1. The lowest BCUT2D eigenvalue weighted by Crippen LogP contribution is -2.29. The van der Waals surface area contributed by atoms with E-state index in [9.17, 15) is 19.2 Å². The number of hydrogen-bond donors (Lipinski definition) is 2. The number of carbonyl (C=O) groups excluding carboxylic acids is 2. The van der Waals surface area contributed by atoms with Crippen molar-refractivity contribution in [2.24, 2.45) is 0 Å². The van der Waals surface area contributed by atoms with Crippen LogP contribution in [0.2, 0.25) is 0 Å². The van der Waals surface area contributed by atoms with Gasteiger partial charge in [-0.25, -0.2) is 24.1 Å². The molecule has 3 aromatic carbocycles. The fraction of sp³-hybridized carbons (Fsp3) is 0.321. The van der Waals surface area contributed by atoms with E-state index in [2.05, 4.69) is 117 Å². The third-order valence-corrected chi connectivity index (χ3v) is 13.0. The van der Waals surface area contributed by atoms with Gasteiger partial charge in [0.05, 0.1) is 27.5 Å². The maximum absolute atomic E-state index is 12.9.